The van der Waals surface area contributed by atoms with Crippen molar-refractivity contribution in [2.75, 3.05) is 24.5 Å². The van der Waals surface area contributed by atoms with E-state index < -0.39 is 0 Å². The maximum atomic E-state index is 5.99. The quantitative estimate of drug-likeness (QED) is 0.839. The Balaban J connectivity index is 2.17. The smallest absolute Gasteiger partial charge is 0.0422 e. The molecule has 1 heterocycles. The van der Waals surface area contributed by atoms with Gasteiger partial charge in [0, 0.05) is 31.4 Å². The summed E-state index contributed by atoms with van der Waals surface area (Å²) in [4.78, 5) is 2.47. The first-order valence-corrected chi connectivity index (χ1v) is 6.53. The zero-order valence-corrected chi connectivity index (χ0v) is 10.7. The van der Waals surface area contributed by atoms with E-state index in [4.69, 9.17) is 11.5 Å². The molecule has 1 aromatic rings. The highest BCUT2D eigenvalue weighted by Gasteiger charge is 2.13. The largest absolute Gasteiger partial charge is 0.372 e. The Kier molecular flexibility index (Phi) is 4.02. The molecule has 3 nitrogen and oxygen atoms in total. The first-order chi connectivity index (χ1) is 8.22. The van der Waals surface area contributed by atoms with Crippen molar-refractivity contribution < 1.29 is 0 Å². The molecule has 0 spiro atoms. The third-order valence-corrected chi connectivity index (χ3v) is 3.63. The summed E-state index contributed by atoms with van der Waals surface area (Å²) >= 11 is 0. The Bertz CT molecular complexity index is 370. The fourth-order valence-corrected chi connectivity index (χ4v) is 2.55. The number of hydrogen-bond acceptors (Lipinski definition) is 3. The van der Waals surface area contributed by atoms with Gasteiger partial charge in [-0.25, -0.2) is 0 Å². The molecule has 0 aromatic heterocycles. The summed E-state index contributed by atoms with van der Waals surface area (Å²) in [5.74, 6) is 0. The molecule has 0 unspecified atom stereocenters. The van der Waals surface area contributed by atoms with Gasteiger partial charge in [-0.1, -0.05) is 6.07 Å². The number of nitrogens with zero attached hydrogens (tertiary/aromatic N) is 1. The molecule has 2 rings (SSSR count). The second-order valence-electron chi connectivity index (χ2n) is 4.93. The summed E-state index contributed by atoms with van der Waals surface area (Å²) in [6.07, 6.45) is 3.98. The van der Waals surface area contributed by atoms with Crippen LogP contribution >= 0.6 is 0 Å². The second kappa shape index (κ2) is 5.52. The molecule has 0 radical (unpaired) electrons. The fourth-order valence-electron chi connectivity index (χ4n) is 2.55. The molecule has 0 bridgehead atoms. The minimum absolute atomic E-state index is 0.0367. The van der Waals surface area contributed by atoms with Crippen LogP contribution in [0.3, 0.4) is 0 Å². The highest BCUT2D eigenvalue weighted by Crippen LogP contribution is 2.24. The summed E-state index contributed by atoms with van der Waals surface area (Å²) < 4.78 is 0. The number of aryl methyl sites for hydroxylation is 1. The van der Waals surface area contributed by atoms with Gasteiger partial charge in [0.05, 0.1) is 0 Å². The average Bonchev–Trinajstić information content (AvgIpc) is 2.39. The topological polar surface area (TPSA) is 55.3 Å². The summed E-state index contributed by atoms with van der Waals surface area (Å²) in [5.41, 5.74) is 15.4. The lowest BCUT2D eigenvalue weighted by Gasteiger charge is -2.29. The summed E-state index contributed by atoms with van der Waals surface area (Å²) in [6.45, 7) is 4.99. The van der Waals surface area contributed by atoms with Gasteiger partial charge < -0.3 is 16.4 Å². The summed E-state index contributed by atoms with van der Waals surface area (Å²) in [5, 5.41) is 0. The maximum absolute atomic E-state index is 5.99. The average molecular weight is 233 g/mol. The summed E-state index contributed by atoms with van der Waals surface area (Å²) in [6, 6.07) is 6.53. The van der Waals surface area contributed by atoms with E-state index in [1.807, 2.05) is 0 Å². The molecule has 0 amide bonds. The van der Waals surface area contributed by atoms with Crippen molar-refractivity contribution in [2.45, 2.75) is 32.2 Å². The molecular formula is C14H23N3. The third-order valence-electron chi connectivity index (χ3n) is 3.63. The van der Waals surface area contributed by atoms with Crippen molar-refractivity contribution in [1.82, 2.24) is 0 Å². The molecule has 1 aliphatic rings. The molecule has 4 N–H and O–H groups in total. The Morgan fingerprint density at radius 1 is 1.24 bits per heavy atom. The lowest BCUT2D eigenvalue weighted by atomic mass is 10.0. The van der Waals surface area contributed by atoms with Crippen LogP contribution in [-0.2, 0) is 0 Å². The van der Waals surface area contributed by atoms with E-state index in [9.17, 15) is 0 Å². The van der Waals surface area contributed by atoms with Gasteiger partial charge in [0.15, 0.2) is 0 Å². The first-order valence-electron chi connectivity index (χ1n) is 6.53. The Hall–Kier alpha value is -1.06. The molecule has 0 saturated carbocycles. The molecular weight excluding hydrogens is 210 g/mol. The molecule has 1 saturated heterocycles. The van der Waals surface area contributed by atoms with Gasteiger partial charge in [-0.2, -0.15) is 0 Å². The van der Waals surface area contributed by atoms with Crippen molar-refractivity contribution in [1.29, 1.82) is 0 Å². The van der Waals surface area contributed by atoms with Crippen molar-refractivity contribution in [3.63, 3.8) is 0 Å². The molecule has 1 fully saturated rings. The van der Waals surface area contributed by atoms with Crippen LogP contribution in [0.1, 0.15) is 36.4 Å². The van der Waals surface area contributed by atoms with Crippen LogP contribution in [0.2, 0.25) is 0 Å². The van der Waals surface area contributed by atoms with Crippen LogP contribution < -0.4 is 16.4 Å². The number of benzene rings is 1. The van der Waals surface area contributed by atoms with Crippen LogP contribution in [-0.4, -0.2) is 19.6 Å². The maximum Gasteiger partial charge on any atom is 0.0422 e. The number of rotatable bonds is 3. The zero-order chi connectivity index (χ0) is 12.3. The van der Waals surface area contributed by atoms with E-state index in [2.05, 4.69) is 30.0 Å². The van der Waals surface area contributed by atoms with Crippen molar-refractivity contribution in [3.8, 4) is 0 Å². The normalized spacial score (nSPS) is 18.2. The Morgan fingerprint density at radius 2 is 1.94 bits per heavy atom. The van der Waals surface area contributed by atoms with Crippen LogP contribution in [0.15, 0.2) is 18.2 Å². The number of hydrogen-bond donors (Lipinski definition) is 2. The van der Waals surface area contributed by atoms with E-state index in [1.54, 1.807) is 0 Å². The zero-order valence-electron chi connectivity index (χ0n) is 10.7. The standard InChI is InChI=1S/C14H23N3/c1-11-9-12(17-7-3-2-4-8-17)5-6-13(11)14(16)10-15/h5-6,9,14H,2-4,7-8,10,15-16H2,1H3/t14-/m0/s1. The predicted octanol–water partition coefficient (Wildman–Crippen LogP) is 1.94. The van der Waals surface area contributed by atoms with E-state index in [0.717, 1.165) is 0 Å². The minimum atomic E-state index is -0.0367. The van der Waals surface area contributed by atoms with E-state index >= 15 is 0 Å². The van der Waals surface area contributed by atoms with Gasteiger partial charge in [-0.05, 0) is 49.4 Å². The molecule has 1 atom stereocenters. The Morgan fingerprint density at radius 3 is 2.53 bits per heavy atom. The third kappa shape index (κ3) is 2.79. The lowest BCUT2D eigenvalue weighted by molar-refractivity contribution is 0.577. The highest BCUT2D eigenvalue weighted by atomic mass is 15.1. The van der Waals surface area contributed by atoms with E-state index in [1.165, 1.54) is 49.2 Å². The number of piperidine rings is 1. The van der Waals surface area contributed by atoms with Gasteiger partial charge in [-0.15, -0.1) is 0 Å². The summed E-state index contributed by atoms with van der Waals surface area (Å²) in [7, 11) is 0. The number of anilines is 1. The molecule has 0 aliphatic carbocycles. The molecule has 17 heavy (non-hydrogen) atoms. The van der Waals surface area contributed by atoms with Crippen LogP contribution in [0, 0.1) is 6.92 Å². The molecule has 3 heteroatoms. The lowest BCUT2D eigenvalue weighted by Crippen LogP contribution is -2.29. The number of nitrogens with two attached hydrogens (primary N) is 2. The van der Waals surface area contributed by atoms with Gasteiger partial charge in [-0.3, -0.25) is 0 Å². The monoisotopic (exact) mass is 233 g/mol. The first kappa shape index (κ1) is 12.4. The van der Waals surface area contributed by atoms with E-state index in [0.29, 0.717) is 6.54 Å². The molecule has 1 aliphatic heterocycles. The van der Waals surface area contributed by atoms with Crippen molar-refractivity contribution in [3.05, 3.63) is 29.3 Å². The molecule has 94 valence electrons. The Labute approximate surface area is 104 Å². The van der Waals surface area contributed by atoms with Crippen LogP contribution in [0.25, 0.3) is 0 Å². The van der Waals surface area contributed by atoms with Crippen LogP contribution in [0.5, 0.6) is 0 Å². The predicted molar refractivity (Wildman–Crippen MR) is 73.2 cm³/mol. The van der Waals surface area contributed by atoms with Gasteiger partial charge >= 0.3 is 0 Å². The molecule has 1 aromatic carbocycles. The SMILES string of the molecule is Cc1cc(N2CCCCC2)ccc1[C@@H](N)CN. The van der Waals surface area contributed by atoms with Gasteiger partial charge in [0.1, 0.15) is 0 Å². The fraction of sp³-hybridized carbons (Fsp3) is 0.571. The second-order valence-corrected chi connectivity index (χ2v) is 4.93. The van der Waals surface area contributed by atoms with Gasteiger partial charge in [0.2, 0.25) is 0 Å². The minimum Gasteiger partial charge on any atom is -0.372 e. The highest BCUT2D eigenvalue weighted by molar-refractivity contribution is 5.51. The van der Waals surface area contributed by atoms with Crippen molar-refractivity contribution >= 4 is 5.69 Å². The van der Waals surface area contributed by atoms with E-state index in [-0.39, 0.29) is 6.04 Å². The van der Waals surface area contributed by atoms with Gasteiger partial charge in [0.25, 0.3) is 0 Å². The van der Waals surface area contributed by atoms with Crippen molar-refractivity contribution in [2.24, 2.45) is 11.5 Å². The van der Waals surface area contributed by atoms with Crippen LogP contribution in [0.4, 0.5) is 5.69 Å².